The smallest absolute Gasteiger partial charge is 0.270 e. The zero-order valence-electron chi connectivity index (χ0n) is 15.0. The van der Waals surface area contributed by atoms with Gasteiger partial charge in [-0.15, -0.1) is 0 Å². The molecule has 25 heavy (non-hydrogen) atoms. The van der Waals surface area contributed by atoms with Crippen LogP contribution < -0.4 is 0 Å². The highest BCUT2D eigenvalue weighted by Gasteiger charge is 2.24. The molecule has 0 spiro atoms. The minimum atomic E-state index is -3.49. The van der Waals surface area contributed by atoms with Gasteiger partial charge in [-0.2, -0.15) is 0 Å². The van der Waals surface area contributed by atoms with Crippen LogP contribution in [0.4, 0.5) is 0 Å². The lowest BCUT2D eigenvalue weighted by atomic mass is 10.1. The summed E-state index contributed by atoms with van der Waals surface area (Å²) < 4.78 is 27.9. The van der Waals surface area contributed by atoms with Crippen molar-refractivity contribution >= 4 is 26.8 Å². The first-order valence-corrected chi connectivity index (χ1v) is 10.2. The summed E-state index contributed by atoms with van der Waals surface area (Å²) in [4.78, 5) is 15.1. The van der Waals surface area contributed by atoms with Gasteiger partial charge in [0.2, 0.25) is 10.0 Å². The Balaban J connectivity index is 2.07. The van der Waals surface area contributed by atoms with Crippen molar-refractivity contribution in [1.82, 2.24) is 13.8 Å². The Kier molecular flexibility index (Phi) is 4.88. The van der Waals surface area contributed by atoms with Crippen LogP contribution in [-0.4, -0.2) is 55.3 Å². The predicted octanol–water partition coefficient (Wildman–Crippen LogP) is 2.54. The molecule has 0 unspecified atom stereocenters. The molecule has 1 aliphatic heterocycles. The van der Waals surface area contributed by atoms with Crippen LogP contribution in [0.2, 0.25) is 0 Å². The molecule has 2 heterocycles. The molecule has 1 aromatic carbocycles. The summed E-state index contributed by atoms with van der Waals surface area (Å²) in [5.41, 5.74) is 1.53. The van der Waals surface area contributed by atoms with Crippen LogP contribution in [0.3, 0.4) is 0 Å². The molecule has 0 aliphatic carbocycles. The summed E-state index contributed by atoms with van der Waals surface area (Å²) >= 11 is 0. The van der Waals surface area contributed by atoms with Crippen molar-refractivity contribution in [2.24, 2.45) is 0 Å². The van der Waals surface area contributed by atoms with E-state index in [1.54, 1.807) is 18.2 Å². The highest BCUT2D eigenvalue weighted by atomic mass is 32.2. The molecule has 7 heteroatoms. The van der Waals surface area contributed by atoms with Gasteiger partial charge in [-0.25, -0.2) is 12.7 Å². The number of amides is 1. The molecular weight excluding hydrogens is 338 g/mol. The monoisotopic (exact) mass is 363 g/mol. The second-order valence-electron chi connectivity index (χ2n) is 6.63. The van der Waals surface area contributed by atoms with Gasteiger partial charge in [-0.1, -0.05) is 0 Å². The topological polar surface area (TPSA) is 62.6 Å². The number of nitrogens with zero attached hydrogens (tertiary/aromatic N) is 3. The van der Waals surface area contributed by atoms with Crippen molar-refractivity contribution in [3.8, 4) is 0 Å². The predicted molar refractivity (Wildman–Crippen MR) is 98.2 cm³/mol. The molecule has 2 aromatic rings. The average Bonchev–Trinajstić information content (AvgIpc) is 2.99. The van der Waals surface area contributed by atoms with Gasteiger partial charge in [0.1, 0.15) is 5.69 Å². The lowest BCUT2D eigenvalue weighted by Gasteiger charge is -2.27. The molecule has 0 radical (unpaired) electrons. The number of sulfonamides is 1. The van der Waals surface area contributed by atoms with Crippen molar-refractivity contribution in [1.29, 1.82) is 0 Å². The number of fused-ring (bicyclic) bond motifs is 1. The largest absolute Gasteiger partial charge is 0.337 e. The number of rotatable bonds is 4. The van der Waals surface area contributed by atoms with E-state index in [1.807, 2.05) is 22.5 Å². The summed E-state index contributed by atoms with van der Waals surface area (Å²) in [6.45, 7) is 4.25. The standard InChI is InChI=1S/C18H25N3O3S/c1-4-21-16-9-8-15(25(23,24)19(2)3)12-14(16)13-17(21)18(22)20-10-6-5-7-11-20/h8-9,12-13H,4-7,10-11H2,1-3H3. The third-order valence-corrected chi connectivity index (χ3v) is 6.64. The van der Waals surface area contributed by atoms with E-state index in [2.05, 4.69) is 0 Å². The Morgan fingerprint density at radius 2 is 1.80 bits per heavy atom. The van der Waals surface area contributed by atoms with E-state index in [0.717, 1.165) is 36.8 Å². The Morgan fingerprint density at radius 3 is 2.40 bits per heavy atom. The molecule has 1 fully saturated rings. The molecule has 0 bridgehead atoms. The van der Waals surface area contributed by atoms with Crippen LogP contribution in [0.15, 0.2) is 29.2 Å². The van der Waals surface area contributed by atoms with Crippen LogP contribution in [0, 0.1) is 0 Å². The number of carbonyl (C=O) groups excluding carboxylic acids is 1. The fraction of sp³-hybridized carbons (Fsp3) is 0.500. The number of hydrogen-bond acceptors (Lipinski definition) is 3. The molecule has 1 aliphatic rings. The zero-order valence-corrected chi connectivity index (χ0v) is 15.8. The molecular formula is C18H25N3O3S. The van der Waals surface area contributed by atoms with E-state index >= 15 is 0 Å². The minimum Gasteiger partial charge on any atom is -0.337 e. The maximum atomic E-state index is 12.9. The minimum absolute atomic E-state index is 0.0368. The Bertz CT molecular complexity index is 894. The quantitative estimate of drug-likeness (QED) is 0.839. The molecule has 0 N–H and O–H groups in total. The van der Waals surface area contributed by atoms with E-state index in [0.29, 0.717) is 12.2 Å². The third kappa shape index (κ3) is 3.18. The summed E-state index contributed by atoms with van der Waals surface area (Å²) in [6, 6.07) is 6.88. The lowest BCUT2D eigenvalue weighted by molar-refractivity contribution is 0.0714. The first kappa shape index (κ1) is 17.9. The van der Waals surface area contributed by atoms with E-state index in [4.69, 9.17) is 0 Å². The molecule has 6 nitrogen and oxygen atoms in total. The summed E-state index contributed by atoms with van der Waals surface area (Å²) in [7, 11) is -0.459. The van der Waals surface area contributed by atoms with E-state index in [9.17, 15) is 13.2 Å². The highest BCUT2D eigenvalue weighted by Crippen LogP contribution is 2.26. The van der Waals surface area contributed by atoms with Crippen LogP contribution in [0.1, 0.15) is 36.7 Å². The van der Waals surface area contributed by atoms with Crippen LogP contribution in [0.5, 0.6) is 0 Å². The summed E-state index contributed by atoms with van der Waals surface area (Å²) in [5.74, 6) is 0.0368. The number of carbonyl (C=O) groups is 1. The number of aryl methyl sites for hydroxylation is 1. The van der Waals surface area contributed by atoms with Gasteiger partial charge in [-0.05, 0) is 50.5 Å². The fourth-order valence-electron chi connectivity index (χ4n) is 3.40. The van der Waals surface area contributed by atoms with Gasteiger partial charge in [0.25, 0.3) is 5.91 Å². The van der Waals surface area contributed by atoms with Gasteiger partial charge in [0, 0.05) is 44.6 Å². The third-order valence-electron chi connectivity index (χ3n) is 4.83. The molecule has 0 saturated carbocycles. The lowest BCUT2D eigenvalue weighted by Crippen LogP contribution is -2.36. The molecule has 1 saturated heterocycles. The number of piperidine rings is 1. The van der Waals surface area contributed by atoms with E-state index < -0.39 is 10.0 Å². The molecule has 3 rings (SSSR count). The number of likely N-dealkylation sites (tertiary alicyclic amines) is 1. The molecule has 1 amide bonds. The summed E-state index contributed by atoms with van der Waals surface area (Å²) in [6.07, 6.45) is 3.26. The highest BCUT2D eigenvalue weighted by molar-refractivity contribution is 7.89. The number of hydrogen-bond donors (Lipinski definition) is 0. The first-order valence-electron chi connectivity index (χ1n) is 8.71. The van der Waals surface area contributed by atoms with Crippen LogP contribution in [-0.2, 0) is 16.6 Å². The van der Waals surface area contributed by atoms with Gasteiger partial charge in [0.15, 0.2) is 0 Å². The fourth-order valence-corrected chi connectivity index (χ4v) is 4.33. The van der Waals surface area contributed by atoms with Gasteiger partial charge in [0.05, 0.1) is 4.90 Å². The summed E-state index contributed by atoms with van der Waals surface area (Å²) in [5, 5.41) is 0.783. The molecule has 0 atom stereocenters. The second kappa shape index (κ2) is 6.80. The Morgan fingerprint density at radius 1 is 1.12 bits per heavy atom. The maximum absolute atomic E-state index is 12.9. The van der Waals surface area contributed by atoms with Crippen LogP contribution in [0.25, 0.3) is 10.9 Å². The first-order chi connectivity index (χ1) is 11.9. The van der Waals surface area contributed by atoms with Gasteiger partial charge in [-0.3, -0.25) is 4.79 Å². The second-order valence-corrected chi connectivity index (χ2v) is 8.79. The van der Waals surface area contributed by atoms with Crippen molar-refractivity contribution in [2.45, 2.75) is 37.6 Å². The molecule has 136 valence electrons. The van der Waals surface area contributed by atoms with Crippen molar-refractivity contribution in [2.75, 3.05) is 27.2 Å². The van der Waals surface area contributed by atoms with Crippen molar-refractivity contribution < 1.29 is 13.2 Å². The van der Waals surface area contributed by atoms with Gasteiger partial charge >= 0.3 is 0 Å². The zero-order chi connectivity index (χ0) is 18.2. The van der Waals surface area contributed by atoms with Gasteiger partial charge < -0.3 is 9.47 Å². The van der Waals surface area contributed by atoms with Crippen molar-refractivity contribution in [3.05, 3.63) is 30.0 Å². The van der Waals surface area contributed by atoms with E-state index in [-0.39, 0.29) is 10.8 Å². The maximum Gasteiger partial charge on any atom is 0.270 e. The number of aromatic nitrogens is 1. The van der Waals surface area contributed by atoms with E-state index in [1.165, 1.54) is 24.8 Å². The Labute approximate surface area is 149 Å². The Hall–Kier alpha value is -1.86. The van der Waals surface area contributed by atoms with Crippen molar-refractivity contribution in [3.63, 3.8) is 0 Å². The van der Waals surface area contributed by atoms with Crippen LogP contribution >= 0.6 is 0 Å². The average molecular weight is 363 g/mol. The molecule has 1 aromatic heterocycles. The number of benzene rings is 1. The normalized spacial score (nSPS) is 15.9. The SMILES string of the molecule is CCn1c(C(=O)N2CCCCC2)cc2cc(S(=O)(=O)N(C)C)ccc21.